The molecule has 1 N–H and O–H groups in total. The van der Waals surface area contributed by atoms with Gasteiger partial charge in [0.1, 0.15) is 24.7 Å². The molecule has 0 bridgehead atoms. The van der Waals surface area contributed by atoms with Crippen LogP contribution in [0.25, 0.3) is 0 Å². The average Bonchev–Trinajstić information content (AvgIpc) is 2.83. The van der Waals surface area contributed by atoms with Gasteiger partial charge in [0, 0.05) is 6.21 Å². The first-order valence-electron chi connectivity index (χ1n) is 10.1. The minimum atomic E-state index is 0.141. The highest BCUT2D eigenvalue weighted by Gasteiger charge is 2.08. The number of hydrogen-bond donors (Lipinski definition) is 1. The molecule has 4 rings (SSSR count). The van der Waals surface area contributed by atoms with Crippen molar-refractivity contribution >= 4 is 11.9 Å². The van der Waals surface area contributed by atoms with Gasteiger partial charge < -0.3 is 14.6 Å². The zero-order chi connectivity index (χ0) is 21.3. The highest BCUT2D eigenvalue weighted by atomic mass is 16.5. The van der Waals surface area contributed by atoms with E-state index in [-0.39, 0.29) is 5.75 Å². The molecule has 0 heterocycles. The summed E-state index contributed by atoms with van der Waals surface area (Å²) < 4.78 is 12.1. The van der Waals surface area contributed by atoms with E-state index in [1.54, 1.807) is 24.4 Å². The summed E-state index contributed by atoms with van der Waals surface area (Å²) in [6.45, 7) is 0.885. The normalized spacial score (nSPS) is 10.8. The number of aliphatic imine (C=N–C) groups is 1. The number of aromatic hydroxyl groups is 1. The molecule has 0 aliphatic heterocycles. The van der Waals surface area contributed by atoms with Crippen molar-refractivity contribution < 1.29 is 14.6 Å². The summed E-state index contributed by atoms with van der Waals surface area (Å²) in [7, 11) is 0. The van der Waals surface area contributed by atoms with Crippen LogP contribution in [0.15, 0.2) is 108 Å². The van der Waals surface area contributed by atoms with Crippen molar-refractivity contribution in [2.24, 2.45) is 4.99 Å². The molecule has 31 heavy (non-hydrogen) atoms. The van der Waals surface area contributed by atoms with E-state index in [4.69, 9.17) is 9.47 Å². The average molecular weight is 409 g/mol. The first-order valence-corrected chi connectivity index (χ1v) is 10.1. The van der Waals surface area contributed by atoms with Crippen LogP contribution in [0.4, 0.5) is 5.69 Å². The third-order valence-electron chi connectivity index (χ3n) is 4.68. The van der Waals surface area contributed by atoms with Gasteiger partial charge in [0.05, 0.1) is 0 Å². The van der Waals surface area contributed by atoms with Crippen LogP contribution < -0.4 is 9.47 Å². The number of rotatable bonds is 8. The van der Waals surface area contributed by atoms with E-state index in [1.165, 1.54) is 0 Å². The van der Waals surface area contributed by atoms with Gasteiger partial charge in [-0.3, -0.25) is 4.99 Å². The van der Waals surface area contributed by atoms with Crippen LogP contribution in [-0.4, -0.2) is 11.3 Å². The maximum atomic E-state index is 9.92. The molecule has 0 saturated heterocycles. The maximum Gasteiger partial charge on any atom is 0.162 e. The number of para-hydroxylation sites is 2. The van der Waals surface area contributed by atoms with Crippen LogP contribution in [0.1, 0.15) is 16.7 Å². The van der Waals surface area contributed by atoms with Gasteiger partial charge in [-0.25, -0.2) is 0 Å². The van der Waals surface area contributed by atoms with Gasteiger partial charge in [0.25, 0.3) is 0 Å². The van der Waals surface area contributed by atoms with Crippen molar-refractivity contribution in [3.8, 4) is 17.2 Å². The Balaban J connectivity index is 1.55. The van der Waals surface area contributed by atoms with E-state index in [0.29, 0.717) is 30.4 Å². The largest absolute Gasteiger partial charge is 0.506 e. The van der Waals surface area contributed by atoms with E-state index >= 15 is 0 Å². The van der Waals surface area contributed by atoms with E-state index in [0.717, 1.165) is 16.7 Å². The van der Waals surface area contributed by atoms with Gasteiger partial charge >= 0.3 is 0 Å². The summed E-state index contributed by atoms with van der Waals surface area (Å²) in [6, 6.07) is 32.7. The molecule has 0 aliphatic carbocycles. The summed E-state index contributed by atoms with van der Waals surface area (Å²) in [5, 5.41) is 9.92. The van der Waals surface area contributed by atoms with Gasteiger partial charge in [0.2, 0.25) is 0 Å². The fourth-order valence-electron chi connectivity index (χ4n) is 3.03. The highest BCUT2D eigenvalue weighted by Crippen LogP contribution is 2.30. The summed E-state index contributed by atoms with van der Waals surface area (Å²) in [4.78, 5) is 4.39. The van der Waals surface area contributed by atoms with Crippen molar-refractivity contribution in [2.45, 2.75) is 13.2 Å². The number of phenols is 1. The second-order valence-corrected chi connectivity index (χ2v) is 7.00. The summed E-state index contributed by atoms with van der Waals surface area (Å²) in [5.74, 6) is 1.45. The molecule has 0 radical (unpaired) electrons. The Morgan fingerprint density at radius 1 is 0.645 bits per heavy atom. The smallest absolute Gasteiger partial charge is 0.162 e. The zero-order valence-electron chi connectivity index (χ0n) is 17.0. The van der Waals surface area contributed by atoms with Crippen LogP contribution in [0.5, 0.6) is 17.2 Å². The molecule has 0 aliphatic rings. The number of nitrogens with zero attached hydrogens (tertiary/aromatic N) is 1. The third-order valence-corrected chi connectivity index (χ3v) is 4.68. The predicted octanol–water partition coefficient (Wildman–Crippen LogP) is 6.30. The van der Waals surface area contributed by atoms with Gasteiger partial charge in [-0.05, 0) is 47.0 Å². The molecule has 154 valence electrons. The Morgan fingerprint density at radius 2 is 1.23 bits per heavy atom. The molecule has 0 atom stereocenters. The summed E-state index contributed by atoms with van der Waals surface area (Å²) in [6.07, 6.45) is 1.70. The summed E-state index contributed by atoms with van der Waals surface area (Å²) >= 11 is 0. The minimum Gasteiger partial charge on any atom is -0.506 e. The van der Waals surface area contributed by atoms with Crippen molar-refractivity contribution in [1.82, 2.24) is 0 Å². The maximum absolute atomic E-state index is 9.92. The SMILES string of the molecule is Oc1ccccc1N=Cc1ccc(OCc2ccccc2)c(OCc2ccccc2)c1. The Morgan fingerprint density at radius 3 is 1.87 bits per heavy atom. The second kappa shape index (κ2) is 10.1. The Bertz CT molecular complexity index is 1140. The van der Waals surface area contributed by atoms with Gasteiger partial charge in [0.15, 0.2) is 11.5 Å². The quantitative estimate of drug-likeness (QED) is 0.347. The molecule has 0 amide bonds. The topological polar surface area (TPSA) is 51.1 Å². The minimum absolute atomic E-state index is 0.141. The first-order chi connectivity index (χ1) is 15.3. The van der Waals surface area contributed by atoms with Crippen molar-refractivity contribution in [2.75, 3.05) is 0 Å². The van der Waals surface area contributed by atoms with E-state index in [1.807, 2.05) is 84.9 Å². The zero-order valence-corrected chi connectivity index (χ0v) is 17.0. The van der Waals surface area contributed by atoms with Crippen LogP contribution in [-0.2, 0) is 13.2 Å². The molecule has 4 nitrogen and oxygen atoms in total. The lowest BCUT2D eigenvalue weighted by molar-refractivity contribution is 0.256. The highest BCUT2D eigenvalue weighted by molar-refractivity contribution is 5.83. The standard InChI is InChI=1S/C27H23NO3/c29-25-14-8-7-13-24(25)28-18-23-15-16-26(30-19-21-9-3-1-4-10-21)27(17-23)31-20-22-11-5-2-6-12-22/h1-18,29H,19-20H2. The first kappa shape index (κ1) is 20.2. The van der Waals surface area contributed by atoms with Crippen LogP contribution in [0.3, 0.4) is 0 Å². The van der Waals surface area contributed by atoms with Gasteiger partial charge in [-0.15, -0.1) is 0 Å². The van der Waals surface area contributed by atoms with Crippen molar-refractivity contribution in [1.29, 1.82) is 0 Å². The molecule has 0 spiro atoms. The number of hydrogen-bond acceptors (Lipinski definition) is 4. The predicted molar refractivity (Wildman–Crippen MR) is 123 cm³/mol. The molecule has 0 aromatic heterocycles. The van der Waals surface area contributed by atoms with Crippen LogP contribution in [0, 0.1) is 0 Å². The fraction of sp³-hybridized carbons (Fsp3) is 0.0741. The molecule has 0 saturated carbocycles. The monoisotopic (exact) mass is 409 g/mol. The molecule has 0 fully saturated rings. The lowest BCUT2D eigenvalue weighted by Gasteiger charge is -2.14. The fourth-order valence-corrected chi connectivity index (χ4v) is 3.03. The molecule has 4 heteroatoms. The molecule has 0 unspecified atom stereocenters. The third kappa shape index (κ3) is 5.73. The lowest BCUT2D eigenvalue weighted by atomic mass is 10.2. The van der Waals surface area contributed by atoms with Gasteiger partial charge in [-0.2, -0.15) is 0 Å². The van der Waals surface area contributed by atoms with Crippen molar-refractivity contribution in [3.05, 3.63) is 120 Å². The Labute approximate surface area is 182 Å². The van der Waals surface area contributed by atoms with Crippen LogP contribution in [0.2, 0.25) is 0 Å². The van der Waals surface area contributed by atoms with E-state index in [9.17, 15) is 5.11 Å². The summed E-state index contributed by atoms with van der Waals surface area (Å²) in [5.41, 5.74) is 3.52. The second-order valence-electron chi connectivity index (χ2n) is 7.00. The molecule has 4 aromatic carbocycles. The van der Waals surface area contributed by atoms with E-state index in [2.05, 4.69) is 4.99 Å². The Hall–Kier alpha value is -4.05. The number of ether oxygens (including phenoxy) is 2. The lowest BCUT2D eigenvalue weighted by Crippen LogP contribution is -2.01. The molecular weight excluding hydrogens is 386 g/mol. The molecular formula is C27H23NO3. The number of benzene rings is 4. The molecule has 4 aromatic rings. The van der Waals surface area contributed by atoms with Gasteiger partial charge in [-0.1, -0.05) is 72.8 Å². The number of phenolic OH excluding ortho intramolecular Hbond substituents is 1. The van der Waals surface area contributed by atoms with E-state index < -0.39 is 0 Å². The van der Waals surface area contributed by atoms with Crippen molar-refractivity contribution in [3.63, 3.8) is 0 Å². The Kier molecular flexibility index (Phi) is 6.61. The van der Waals surface area contributed by atoms with Crippen LogP contribution >= 0.6 is 0 Å².